The fourth-order valence-corrected chi connectivity index (χ4v) is 3.24. The largest absolute Gasteiger partial charge is 0.387 e. The predicted molar refractivity (Wildman–Crippen MR) is 86.3 cm³/mol. The third-order valence-electron chi connectivity index (χ3n) is 3.67. The average molecular weight is 334 g/mol. The van der Waals surface area contributed by atoms with Crippen LogP contribution in [0, 0.1) is 0 Å². The zero-order valence-corrected chi connectivity index (χ0v) is 13.3. The summed E-state index contributed by atoms with van der Waals surface area (Å²) in [5.74, 6) is 0.453. The molecule has 1 saturated heterocycles. The Kier molecular flexibility index (Phi) is 5.16. The molecule has 122 valence electrons. The number of ether oxygens (including phenoxy) is 1. The molecule has 2 N–H and O–H groups in total. The number of thiophene rings is 1. The molecule has 0 spiro atoms. The van der Waals surface area contributed by atoms with E-state index in [2.05, 4.69) is 15.3 Å². The molecule has 0 aliphatic carbocycles. The van der Waals surface area contributed by atoms with Crippen molar-refractivity contribution in [3.8, 4) is 0 Å². The third-order valence-corrected chi connectivity index (χ3v) is 4.65. The average Bonchev–Trinajstić information content (AvgIpc) is 3.11. The minimum atomic E-state index is -0.601. The van der Waals surface area contributed by atoms with Gasteiger partial charge >= 0.3 is 6.03 Å². The molecule has 0 saturated carbocycles. The maximum atomic E-state index is 12.5. The van der Waals surface area contributed by atoms with Gasteiger partial charge in [0.25, 0.3) is 0 Å². The van der Waals surface area contributed by atoms with Crippen LogP contribution in [0.2, 0.25) is 0 Å². The summed E-state index contributed by atoms with van der Waals surface area (Å²) < 4.78 is 5.48. The summed E-state index contributed by atoms with van der Waals surface area (Å²) in [6, 6.07) is 5.01. The predicted octanol–water partition coefficient (Wildman–Crippen LogP) is 1.89. The van der Waals surface area contributed by atoms with Crippen molar-refractivity contribution in [2.45, 2.75) is 18.6 Å². The summed E-state index contributed by atoms with van der Waals surface area (Å²) in [4.78, 5) is 22.9. The number of rotatable bonds is 4. The van der Waals surface area contributed by atoms with Gasteiger partial charge in [0.05, 0.1) is 25.4 Å². The molecule has 2 aromatic heterocycles. The molecule has 8 heteroatoms. The molecule has 1 aliphatic rings. The Labute approximate surface area is 137 Å². The fourth-order valence-electron chi connectivity index (χ4n) is 2.52. The topological polar surface area (TPSA) is 87.6 Å². The Balaban J connectivity index is 1.65. The lowest BCUT2D eigenvalue weighted by Gasteiger charge is -2.36. The summed E-state index contributed by atoms with van der Waals surface area (Å²) in [6.45, 7) is 1.39. The summed E-state index contributed by atoms with van der Waals surface area (Å²) >= 11 is 1.51. The molecule has 3 rings (SSSR count). The van der Waals surface area contributed by atoms with Crippen LogP contribution < -0.4 is 5.32 Å². The Morgan fingerprint density at radius 2 is 2.48 bits per heavy atom. The molecular formula is C15H18N4O3S. The second kappa shape index (κ2) is 7.49. The van der Waals surface area contributed by atoms with Crippen molar-refractivity contribution in [2.24, 2.45) is 0 Å². The number of aliphatic hydroxyl groups is 1. The van der Waals surface area contributed by atoms with Crippen molar-refractivity contribution in [1.29, 1.82) is 0 Å². The maximum Gasteiger partial charge on any atom is 0.323 e. The Hall–Kier alpha value is -2.03. The Bertz CT molecular complexity index is 623. The number of amides is 2. The van der Waals surface area contributed by atoms with Crippen molar-refractivity contribution in [2.75, 3.05) is 25.1 Å². The monoisotopic (exact) mass is 334 g/mol. The molecule has 7 nitrogen and oxygen atoms in total. The summed E-state index contributed by atoms with van der Waals surface area (Å²) in [7, 11) is 0. The van der Waals surface area contributed by atoms with Crippen molar-refractivity contribution in [3.63, 3.8) is 0 Å². The quantitative estimate of drug-likeness (QED) is 0.891. The van der Waals surface area contributed by atoms with Crippen molar-refractivity contribution >= 4 is 23.2 Å². The number of hydrogen-bond donors (Lipinski definition) is 2. The number of carbonyl (C=O) groups is 1. The van der Waals surface area contributed by atoms with Crippen LogP contribution in [-0.2, 0) is 4.74 Å². The van der Waals surface area contributed by atoms with Gasteiger partial charge in [-0.05, 0) is 17.5 Å². The van der Waals surface area contributed by atoms with E-state index >= 15 is 0 Å². The first kappa shape index (κ1) is 15.9. The van der Waals surface area contributed by atoms with Gasteiger partial charge in [-0.25, -0.2) is 14.8 Å². The number of morpholine rings is 1. The normalized spacial score (nSPS) is 19.3. The lowest BCUT2D eigenvalue weighted by atomic mass is 10.1. The molecule has 2 amide bonds. The number of nitrogens with one attached hydrogen (secondary N) is 1. The highest BCUT2D eigenvalue weighted by molar-refractivity contribution is 7.10. The molecule has 3 heterocycles. The molecule has 2 unspecified atom stereocenters. The SMILES string of the molecule is O=C(Nc1ccncn1)N1CCOCC1CC(O)c1cccs1. The van der Waals surface area contributed by atoms with Gasteiger partial charge in [0, 0.05) is 24.0 Å². The Morgan fingerprint density at radius 3 is 3.22 bits per heavy atom. The summed E-state index contributed by atoms with van der Waals surface area (Å²) in [5, 5.41) is 15.0. The molecule has 2 aromatic rings. The lowest BCUT2D eigenvalue weighted by Crippen LogP contribution is -2.50. The second-order valence-electron chi connectivity index (χ2n) is 5.21. The zero-order chi connectivity index (χ0) is 16.1. The van der Waals surface area contributed by atoms with Crippen molar-refractivity contribution in [1.82, 2.24) is 14.9 Å². The van der Waals surface area contributed by atoms with Crippen LogP contribution in [0.15, 0.2) is 36.1 Å². The molecule has 2 atom stereocenters. The standard InChI is InChI=1S/C15H18N4O3S/c20-12(13-2-1-7-23-13)8-11-9-22-6-5-19(11)15(21)18-14-3-4-16-10-17-14/h1-4,7,10-12,20H,5-6,8-9H2,(H,16,17,18,21). The van der Waals surface area contributed by atoms with E-state index in [0.717, 1.165) is 4.88 Å². The van der Waals surface area contributed by atoms with Gasteiger partial charge in [-0.15, -0.1) is 11.3 Å². The molecule has 0 aromatic carbocycles. The number of anilines is 1. The van der Waals surface area contributed by atoms with Gasteiger partial charge in [-0.1, -0.05) is 6.07 Å². The van der Waals surface area contributed by atoms with Gasteiger partial charge in [-0.2, -0.15) is 0 Å². The lowest BCUT2D eigenvalue weighted by molar-refractivity contribution is -0.00384. The first-order valence-electron chi connectivity index (χ1n) is 7.37. The van der Waals surface area contributed by atoms with E-state index in [9.17, 15) is 9.90 Å². The number of aromatic nitrogens is 2. The van der Waals surface area contributed by atoms with Gasteiger partial charge < -0.3 is 14.7 Å². The van der Waals surface area contributed by atoms with Crippen LogP contribution >= 0.6 is 11.3 Å². The van der Waals surface area contributed by atoms with E-state index < -0.39 is 6.10 Å². The first-order chi connectivity index (χ1) is 11.2. The molecule has 0 radical (unpaired) electrons. The van der Waals surface area contributed by atoms with Crippen LogP contribution in [0.1, 0.15) is 17.4 Å². The zero-order valence-electron chi connectivity index (χ0n) is 12.5. The van der Waals surface area contributed by atoms with Gasteiger partial charge in [0.2, 0.25) is 0 Å². The maximum absolute atomic E-state index is 12.5. The molecule has 1 fully saturated rings. The van der Waals surface area contributed by atoms with Crippen LogP contribution in [0.25, 0.3) is 0 Å². The number of carbonyl (C=O) groups excluding carboxylic acids is 1. The van der Waals surface area contributed by atoms with Crippen LogP contribution in [-0.4, -0.2) is 51.8 Å². The van der Waals surface area contributed by atoms with E-state index in [0.29, 0.717) is 32.0 Å². The summed E-state index contributed by atoms with van der Waals surface area (Å²) in [5.41, 5.74) is 0. The van der Waals surface area contributed by atoms with Gasteiger partial charge in [0.15, 0.2) is 0 Å². The van der Waals surface area contributed by atoms with E-state index in [1.54, 1.807) is 17.2 Å². The van der Waals surface area contributed by atoms with E-state index in [1.165, 1.54) is 17.7 Å². The van der Waals surface area contributed by atoms with Crippen molar-refractivity contribution < 1.29 is 14.6 Å². The molecule has 23 heavy (non-hydrogen) atoms. The third kappa shape index (κ3) is 4.04. The van der Waals surface area contributed by atoms with Gasteiger partial charge in [-0.3, -0.25) is 5.32 Å². The highest BCUT2D eigenvalue weighted by atomic mass is 32.1. The van der Waals surface area contributed by atoms with Gasteiger partial charge in [0.1, 0.15) is 12.1 Å². The minimum Gasteiger partial charge on any atom is -0.387 e. The van der Waals surface area contributed by atoms with Crippen LogP contribution in [0.3, 0.4) is 0 Å². The van der Waals surface area contributed by atoms with Crippen LogP contribution in [0.5, 0.6) is 0 Å². The number of nitrogens with zero attached hydrogens (tertiary/aromatic N) is 3. The fraction of sp³-hybridized carbons (Fsp3) is 0.400. The van der Waals surface area contributed by atoms with Crippen LogP contribution in [0.4, 0.5) is 10.6 Å². The highest BCUT2D eigenvalue weighted by Gasteiger charge is 2.30. The Morgan fingerprint density at radius 1 is 1.57 bits per heavy atom. The van der Waals surface area contributed by atoms with E-state index in [4.69, 9.17) is 4.74 Å². The van der Waals surface area contributed by atoms with Crippen molar-refractivity contribution in [3.05, 3.63) is 41.0 Å². The molecule has 0 bridgehead atoms. The highest BCUT2D eigenvalue weighted by Crippen LogP contribution is 2.26. The number of aliphatic hydroxyl groups excluding tert-OH is 1. The minimum absolute atomic E-state index is 0.178. The van der Waals surface area contributed by atoms with E-state index in [-0.39, 0.29) is 12.1 Å². The molecule has 1 aliphatic heterocycles. The first-order valence-corrected chi connectivity index (χ1v) is 8.25. The second-order valence-corrected chi connectivity index (χ2v) is 6.19. The van der Waals surface area contributed by atoms with E-state index in [1.807, 2.05) is 17.5 Å². The molecular weight excluding hydrogens is 316 g/mol. The number of urea groups is 1. The summed E-state index contributed by atoms with van der Waals surface area (Å²) in [6.07, 6.45) is 2.79. The smallest absolute Gasteiger partial charge is 0.323 e. The number of hydrogen-bond acceptors (Lipinski definition) is 6.